The highest BCUT2D eigenvalue weighted by atomic mass is 16.4. The topological polar surface area (TPSA) is 519 Å². The van der Waals surface area contributed by atoms with Crippen LogP contribution >= 0.6 is 0 Å². The summed E-state index contributed by atoms with van der Waals surface area (Å²) in [6, 6.07) is -2.47. The number of likely N-dealkylation sites (tertiary alicyclic amines) is 1. The van der Waals surface area contributed by atoms with Crippen LogP contribution in [0, 0.1) is 5.92 Å². The zero-order valence-electron chi connectivity index (χ0n) is 47.3. The lowest BCUT2D eigenvalue weighted by Gasteiger charge is -2.31. The summed E-state index contributed by atoms with van der Waals surface area (Å²) in [5.74, 6) is -12.1. The van der Waals surface area contributed by atoms with Gasteiger partial charge in [-0.3, -0.25) is 52.9 Å². The number of carboxylic acids is 2. The molecule has 0 unspecified atom stereocenters. The van der Waals surface area contributed by atoms with Crippen molar-refractivity contribution in [3.63, 3.8) is 0 Å². The van der Waals surface area contributed by atoms with Crippen LogP contribution < -0.4 is 65.9 Å². The molecule has 2 aromatic carbocycles. The Kier molecular flexibility index (Phi) is 28.8. The Bertz CT molecular complexity index is 2620. The van der Waals surface area contributed by atoms with Gasteiger partial charge in [0.05, 0.1) is 18.6 Å². The number of aliphatic hydroxyl groups is 1. The van der Waals surface area contributed by atoms with Gasteiger partial charge < -0.3 is 96.3 Å². The van der Waals surface area contributed by atoms with Crippen molar-refractivity contribution in [2.75, 3.05) is 19.6 Å². The molecule has 0 aromatic heterocycles. The molecule has 0 saturated carbocycles. The summed E-state index contributed by atoms with van der Waals surface area (Å²) in [5.41, 5.74) is 28.6. The van der Waals surface area contributed by atoms with E-state index in [4.69, 9.17) is 28.7 Å². The molecular weight excluding hydrogens is 1100 g/mol. The first kappa shape index (κ1) is 69.6. The molecule has 0 spiro atoms. The predicted molar refractivity (Wildman–Crippen MR) is 302 cm³/mol. The molecule has 464 valence electrons. The van der Waals surface area contributed by atoms with Gasteiger partial charge in [0.2, 0.25) is 53.2 Å². The number of amides is 9. The number of nitrogens with zero attached hydrogens (tertiary/aromatic N) is 2. The Hall–Kier alpha value is -8.64. The number of aliphatic imine (C=N–C) groups is 1. The average molecular weight is 1180 g/mol. The molecule has 1 fully saturated rings. The highest BCUT2D eigenvalue weighted by molar-refractivity contribution is 5.99. The largest absolute Gasteiger partial charge is 0.508 e. The number of guanidine groups is 1. The van der Waals surface area contributed by atoms with Crippen LogP contribution in [0.5, 0.6) is 11.5 Å². The third-order valence-electron chi connectivity index (χ3n) is 13.4. The van der Waals surface area contributed by atoms with E-state index in [2.05, 4.69) is 42.2 Å². The average Bonchev–Trinajstić information content (AvgIpc) is 3.81. The fraction of sp³-hybridized carbons (Fsp3) is 0.556. The van der Waals surface area contributed by atoms with Gasteiger partial charge >= 0.3 is 11.9 Å². The smallest absolute Gasteiger partial charge is 0.328 e. The van der Waals surface area contributed by atoms with Crippen molar-refractivity contribution >= 4 is 71.1 Å². The lowest BCUT2D eigenvalue weighted by molar-refractivity contribution is -0.146. The van der Waals surface area contributed by atoms with Crippen molar-refractivity contribution in [2.24, 2.45) is 39.6 Å². The van der Waals surface area contributed by atoms with E-state index in [1.165, 1.54) is 60.4 Å². The highest BCUT2D eigenvalue weighted by Crippen LogP contribution is 2.22. The zero-order chi connectivity index (χ0) is 62.8. The number of aliphatic carboxylic acids is 2. The number of primary amides is 1. The van der Waals surface area contributed by atoms with Gasteiger partial charge in [0.15, 0.2) is 12.0 Å². The molecule has 84 heavy (non-hydrogen) atoms. The van der Waals surface area contributed by atoms with Gasteiger partial charge in [0, 0.05) is 32.4 Å². The second-order valence-corrected chi connectivity index (χ2v) is 20.9. The van der Waals surface area contributed by atoms with Crippen LogP contribution in [-0.2, 0) is 65.6 Å². The molecule has 0 aliphatic carbocycles. The Labute approximate surface area is 485 Å². The number of benzene rings is 2. The number of rotatable bonds is 36. The first-order valence-electron chi connectivity index (χ1n) is 27.5. The van der Waals surface area contributed by atoms with Crippen molar-refractivity contribution in [1.29, 1.82) is 0 Å². The molecule has 22 N–H and O–H groups in total. The van der Waals surface area contributed by atoms with Crippen LogP contribution in [-0.4, -0.2) is 182 Å². The minimum Gasteiger partial charge on any atom is -0.508 e. The molecule has 0 bridgehead atoms. The molecule has 3 rings (SSSR count). The van der Waals surface area contributed by atoms with Crippen LogP contribution in [0.25, 0.3) is 0 Å². The van der Waals surface area contributed by atoms with Crippen LogP contribution in [0.2, 0.25) is 0 Å². The Morgan fingerprint density at radius 1 is 0.619 bits per heavy atom. The third kappa shape index (κ3) is 24.1. The van der Waals surface area contributed by atoms with E-state index in [0.29, 0.717) is 24.0 Å². The SMILES string of the molecule is CC(C)C[C@H](NC(=O)[C@@H]1CCCN1C(=O)[C@H](Cc1ccc(O)cc1)NC(=O)[C@H](CCCN=C(N)N)NC(=O)[C@H](Cc1ccc(O)cc1)NC(=O)[C@H](CC(=O)O)NC(=O)[C@H](CCCCN)NC(=O)[C@@H](N)CCC(N)=O)C(=O)N[C@H](C(=O)O)[C@@H](C)O. The van der Waals surface area contributed by atoms with E-state index >= 15 is 0 Å². The molecule has 10 atom stereocenters. The summed E-state index contributed by atoms with van der Waals surface area (Å²) in [4.78, 5) is 153. The van der Waals surface area contributed by atoms with Gasteiger partial charge in [-0.05, 0) is 113 Å². The number of carbonyl (C=O) groups is 11. The molecule has 1 aliphatic heterocycles. The standard InChI is InChI=1S/C54H82N14O16/c1-28(2)24-37(50(80)67-44(29(3)69)53(83)84)65-51(81)41-10-7-23-68(41)52(82)40(26-31-13-17-33(71)18-14-31)66-47(77)36(9-6-22-60-54(58)59)62-48(78)38(25-30-11-15-32(70)16-12-30)63-49(79)39(27-43(73)74)64-46(76)35(8-4-5-21-55)61-45(75)34(56)19-20-42(57)72/h11-18,28-29,34-41,44,69-71H,4-10,19-27,55-56H2,1-3H3,(H2,57,72)(H,61,75)(H,62,78)(H,63,79)(H,64,76)(H,65,81)(H,66,77)(H,67,80)(H,73,74)(H,83,84)(H4,58,59,60)/t29-,34+,35+,36+,37+,38+,39+,40+,41+,44+/m1/s1. The summed E-state index contributed by atoms with van der Waals surface area (Å²) in [7, 11) is 0. The van der Waals surface area contributed by atoms with Crippen molar-refractivity contribution < 1.29 is 78.3 Å². The van der Waals surface area contributed by atoms with Crippen molar-refractivity contribution in [2.45, 2.75) is 165 Å². The third-order valence-corrected chi connectivity index (χ3v) is 13.4. The Balaban J connectivity index is 2.04. The van der Waals surface area contributed by atoms with E-state index in [1.807, 2.05) is 0 Å². The fourth-order valence-electron chi connectivity index (χ4n) is 8.98. The quantitative estimate of drug-likeness (QED) is 0.0176. The number of nitrogens with one attached hydrogen (secondary N) is 7. The number of phenols is 2. The minimum absolute atomic E-state index is 0.000174. The molecule has 2 aromatic rings. The van der Waals surface area contributed by atoms with Crippen molar-refractivity contribution in [1.82, 2.24) is 42.1 Å². The first-order valence-corrected chi connectivity index (χ1v) is 27.5. The Morgan fingerprint density at radius 2 is 1.11 bits per heavy atom. The van der Waals surface area contributed by atoms with E-state index < -0.39 is 132 Å². The summed E-state index contributed by atoms with van der Waals surface area (Å²) >= 11 is 0. The van der Waals surface area contributed by atoms with E-state index in [9.17, 15) is 78.3 Å². The summed E-state index contributed by atoms with van der Waals surface area (Å²) in [6.07, 6.45) is -2.68. The number of carbonyl (C=O) groups excluding carboxylic acids is 9. The minimum atomic E-state index is -1.90. The number of carboxylic acid groups (broad SMARTS) is 2. The van der Waals surface area contributed by atoms with Gasteiger partial charge in [-0.2, -0.15) is 0 Å². The fourth-order valence-corrected chi connectivity index (χ4v) is 8.98. The number of nitrogens with two attached hydrogens (primary N) is 5. The Morgan fingerprint density at radius 3 is 1.62 bits per heavy atom. The normalized spacial score (nSPS) is 16.1. The summed E-state index contributed by atoms with van der Waals surface area (Å²) < 4.78 is 0. The number of aliphatic hydroxyl groups excluding tert-OH is 1. The molecule has 1 heterocycles. The number of phenolic OH excluding ortho intramolecular Hbond substituents is 2. The van der Waals surface area contributed by atoms with Crippen molar-refractivity contribution in [3.05, 3.63) is 59.7 Å². The van der Waals surface area contributed by atoms with Gasteiger partial charge in [0.1, 0.15) is 53.8 Å². The van der Waals surface area contributed by atoms with Crippen LogP contribution in [0.3, 0.4) is 0 Å². The molecular formula is C54H82N14O16. The number of unbranched alkanes of at least 4 members (excludes halogenated alkanes) is 1. The lowest BCUT2D eigenvalue weighted by Crippen LogP contribution is -2.61. The predicted octanol–water partition coefficient (Wildman–Crippen LogP) is -3.97. The summed E-state index contributed by atoms with van der Waals surface area (Å²) in [5, 5.41) is 67.1. The van der Waals surface area contributed by atoms with Crippen LogP contribution in [0.1, 0.15) is 103 Å². The monoisotopic (exact) mass is 1180 g/mol. The van der Waals surface area contributed by atoms with Crippen LogP contribution in [0.4, 0.5) is 0 Å². The first-order chi connectivity index (χ1) is 39.6. The highest BCUT2D eigenvalue weighted by Gasteiger charge is 2.41. The molecule has 1 saturated heterocycles. The lowest BCUT2D eigenvalue weighted by atomic mass is 10.0. The van der Waals surface area contributed by atoms with E-state index in [-0.39, 0.29) is 107 Å². The second-order valence-electron chi connectivity index (χ2n) is 20.9. The van der Waals surface area contributed by atoms with Gasteiger partial charge in [-0.1, -0.05) is 38.1 Å². The molecule has 1 aliphatic rings. The summed E-state index contributed by atoms with van der Waals surface area (Å²) in [6.45, 7) is 4.83. The molecule has 0 radical (unpaired) electrons. The maximum absolute atomic E-state index is 14.8. The molecule has 30 nitrogen and oxygen atoms in total. The van der Waals surface area contributed by atoms with Crippen LogP contribution in [0.15, 0.2) is 53.5 Å². The zero-order valence-corrected chi connectivity index (χ0v) is 47.3. The van der Waals surface area contributed by atoms with Gasteiger partial charge in [0.25, 0.3) is 0 Å². The maximum Gasteiger partial charge on any atom is 0.328 e. The van der Waals surface area contributed by atoms with E-state index in [1.54, 1.807) is 13.8 Å². The van der Waals surface area contributed by atoms with E-state index in [0.717, 1.165) is 0 Å². The second kappa shape index (κ2) is 34.7. The van der Waals surface area contributed by atoms with Crippen molar-refractivity contribution in [3.8, 4) is 11.5 Å². The number of aromatic hydroxyl groups is 2. The van der Waals surface area contributed by atoms with Gasteiger partial charge in [-0.25, -0.2) is 4.79 Å². The molecule has 30 heteroatoms. The number of hydrogen-bond donors (Lipinski definition) is 17. The maximum atomic E-state index is 14.8. The van der Waals surface area contributed by atoms with Gasteiger partial charge in [-0.15, -0.1) is 0 Å². The molecule has 9 amide bonds. The number of hydrogen-bond acceptors (Lipinski definition) is 17.